The predicted molar refractivity (Wildman–Crippen MR) is 66.6 cm³/mol. The van der Waals surface area contributed by atoms with Crippen LogP contribution in [0.5, 0.6) is 0 Å². The Bertz CT molecular complexity index is 267. The van der Waals surface area contributed by atoms with E-state index in [0.29, 0.717) is 12.1 Å². The molecule has 2 saturated carbocycles. The van der Waals surface area contributed by atoms with Crippen LogP contribution in [0, 0.1) is 0 Å². The second-order valence-electron chi connectivity index (χ2n) is 5.51. The monoisotopic (exact) mass is 240 g/mol. The van der Waals surface area contributed by atoms with Gasteiger partial charge in [0.1, 0.15) is 0 Å². The molecule has 2 aliphatic rings. The Morgan fingerprint density at radius 2 is 1.82 bits per heavy atom. The summed E-state index contributed by atoms with van der Waals surface area (Å²) in [4.78, 5) is 11.8. The summed E-state index contributed by atoms with van der Waals surface area (Å²) in [5, 5.41) is 3.55. The van der Waals surface area contributed by atoms with Crippen molar-refractivity contribution in [1.82, 2.24) is 5.32 Å². The molecule has 17 heavy (non-hydrogen) atoms. The molecule has 0 aromatic heterocycles. The van der Waals surface area contributed by atoms with E-state index in [0.717, 1.165) is 25.7 Å². The van der Waals surface area contributed by atoms with Gasteiger partial charge in [0.2, 0.25) is 5.91 Å². The maximum absolute atomic E-state index is 11.8. The molecule has 0 heterocycles. The summed E-state index contributed by atoms with van der Waals surface area (Å²) in [5.74, 6) is -0.182. The van der Waals surface area contributed by atoms with Gasteiger partial charge in [-0.25, -0.2) is 0 Å². The average Bonchev–Trinajstić information content (AvgIpc) is 2.82. The first kappa shape index (κ1) is 12.8. The zero-order chi connectivity index (χ0) is 12.3. The Labute approximate surface area is 103 Å². The third-order valence-corrected chi connectivity index (χ3v) is 4.43. The zero-order valence-electron chi connectivity index (χ0n) is 10.7. The van der Waals surface area contributed by atoms with Gasteiger partial charge in [-0.15, -0.1) is 0 Å². The third kappa shape index (κ3) is 2.80. The maximum atomic E-state index is 11.8. The van der Waals surface area contributed by atoms with Gasteiger partial charge in [0.05, 0.1) is 11.6 Å². The van der Waals surface area contributed by atoms with E-state index < -0.39 is 5.54 Å². The summed E-state index contributed by atoms with van der Waals surface area (Å²) in [6, 6.07) is 0.488. The molecule has 0 radical (unpaired) electrons. The summed E-state index contributed by atoms with van der Waals surface area (Å²) in [6.07, 6.45) is 8.70. The molecule has 0 aromatic rings. The molecule has 1 amide bonds. The average molecular weight is 240 g/mol. The van der Waals surface area contributed by atoms with Gasteiger partial charge in [-0.2, -0.15) is 0 Å². The van der Waals surface area contributed by atoms with Crippen molar-refractivity contribution in [2.45, 2.75) is 69.1 Å². The van der Waals surface area contributed by atoms with Crippen molar-refractivity contribution in [3.63, 3.8) is 0 Å². The molecular formula is C13H24N2O2. The number of rotatable bonds is 4. The Morgan fingerprint density at radius 1 is 1.24 bits per heavy atom. The lowest BCUT2D eigenvalue weighted by molar-refractivity contribution is -0.127. The Hall–Kier alpha value is -0.610. The van der Waals surface area contributed by atoms with Crippen LogP contribution >= 0.6 is 0 Å². The second kappa shape index (κ2) is 5.36. The van der Waals surface area contributed by atoms with Gasteiger partial charge < -0.3 is 15.8 Å². The van der Waals surface area contributed by atoms with Crippen LogP contribution in [-0.4, -0.2) is 30.7 Å². The van der Waals surface area contributed by atoms with Crippen LogP contribution < -0.4 is 11.1 Å². The summed E-state index contributed by atoms with van der Waals surface area (Å²) < 4.78 is 5.35. The summed E-state index contributed by atoms with van der Waals surface area (Å²) in [5.41, 5.74) is 5.16. The normalized spacial score (nSPS) is 35.0. The number of ether oxygens (including phenoxy) is 1. The lowest BCUT2D eigenvalue weighted by Crippen LogP contribution is -2.60. The van der Waals surface area contributed by atoms with E-state index in [4.69, 9.17) is 10.5 Å². The van der Waals surface area contributed by atoms with Gasteiger partial charge in [-0.05, 0) is 38.5 Å². The quantitative estimate of drug-likeness (QED) is 0.779. The minimum absolute atomic E-state index is 0.182. The number of hydrogen-bond donors (Lipinski definition) is 2. The minimum Gasteiger partial charge on any atom is -0.381 e. The van der Waals surface area contributed by atoms with Crippen molar-refractivity contribution in [3.8, 4) is 0 Å². The van der Waals surface area contributed by atoms with Crippen LogP contribution in [0.4, 0.5) is 0 Å². The van der Waals surface area contributed by atoms with E-state index >= 15 is 0 Å². The highest BCUT2D eigenvalue weighted by atomic mass is 16.5. The fraction of sp³-hybridized carbons (Fsp3) is 0.923. The molecule has 0 aromatic carbocycles. The first-order valence-electron chi connectivity index (χ1n) is 6.77. The first-order valence-corrected chi connectivity index (χ1v) is 6.77. The van der Waals surface area contributed by atoms with Crippen LogP contribution in [0.3, 0.4) is 0 Å². The number of primary amides is 1. The van der Waals surface area contributed by atoms with Crippen LogP contribution in [0.1, 0.15) is 51.4 Å². The highest BCUT2D eigenvalue weighted by Crippen LogP contribution is 2.32. The van der Waals surface area contributed by atoms with E-state index in [1.165, 1.54) is 25.7 Å². The molecule has 3 N–H and O–H groups in total. The van der Waals surface area contributed by atoms with E-state index in [9.17, 15) is 4.79 Å². The van der Waals surface area contributed by atoms with Crippen molar-refractivity contribution in [2.75, 3.05) is 7.11 Å². The molecule has 98 valence electrons. The molecular weight excluding hydrogens is 216 g/mol. The first-order chi connectivity index (χ1) is 8.16. The lowest BCUT2D eigenvalue weighted by atomic mass is 9.79. The molecule has 4 heteroatoms. The van der Waals surface area contributed by atoms with Crippen LogP contribution in [0.15, 0.2) is 0 Å². The Balaban J connectivity index is 1.98. The van der Waals surface area contributed by atoms with Crippen molar-refractivity contribution in [1.29, 1.82) is 0 Å². The molecule has 2 rings (SSSR count). The zero-order valence-corrected chi connectivity index (χ0v) is 10.7. The largest absolute Gasteiger partial charge is 0.381 e. The van der Waals surface area contributed by atoms with E-state index in [1.807, 2.05) is 0 Å². The van der Waals surface area contributed by atoms with Crippen LogP contribution in [-0.2, 0) is 9.53 Å². The van der Waals surface area contributed by atoms with Gasteiger partial charge >= 0.3 is 0 Å². The molecule has 0 bridgehead atoms. The second-order valence-corrected chi connectivity index (χ2v) is 5.51. The number of nitrogens with one attached hydrogen (secondary N) is 1. The number of carbonyl (C=O) groups is 1. The predicted octanol–water partition coefficient (Wildman–Crippen LogP) is 1.33. The van der Waals surface area contributed by atoms with Crippen molar-refractivity contribution >= 4 is 5.91 Å². The fourth-order valence-electron chi connectivity index (χ4n) is 3.24. The highest BCUT2D eigenvalue weighted by molar-refractivity contribution is 5.84. The number of carbonyl (C=O) groups excluding carboxylic acids is 1. The summed E-state index contributed by atoms with van der Waals surface area (Å²) >= 11 is 0. The van der Waals surface area contributed by atoms with Gasteiger partial charge in [0.15, 0.2) is 0 Å². The molecule has 0 spiro atoms. The molecule has 2 aliphatic carbocycles. The van der Waals surface area contributed by atoms with Gasteiger partial charge in [-0.1, -0.05) is 12.8 Å². The van der Waals surface area contributed by atoms with Gasteiger partial charge in [0, 0.05) is 13.2 Å². The molecule has 2 fully saturated rings. The fourth-order valence-corrected chi connectivity index (χ4v) is 3.24. The van der Waals surface area contributed by atoms with Crippen molar-refractivity contribution in [2.24, 2.45) is 5.73 Å². The number of amides is 1. The smallest absolute Gasteiger partial charge is 0.237 e. The summed E-state index contributed by atoms with van der Waals surface area (Å²) in [7, 11) is 1.74. The third-order valence-electron chi connectivity index (χ3n) is 4.43. The number of hydrogen-bond acceptors (Lipinski definition) is 3. The van der Waals surface area contributed by atoms with E-state index in [1.54, 1.807) is 7.11 Å². The number of methoxy groups -OCH3 is 1. The van der Waals surface area contributed by atoms with Gasteiger partial charge in [-0.3, -0.25) is 4.79 Å². The molecule has 0 atom stereocenters. The summed E-state index contributed by atoms with van der Waals surface area (Å²) in [6.45, 7) is 0. The molecule has 0 unspecified atom stereocenters. The lowest BCUT2D eigenvalue weighted by Gasteiger charge is -2.40. The van der Waals surface area contributed by atoms with Crippen LogP contribution in [0.2, 0.25) is 0 Å². The van der Waals surface area contributed by atoms with Crippen molar-refractivity contribution < 1.29 is 9.53 Å². The Morgan fingerprint density at radius 3 is 2.29 bits per heavy atom. The number of nitrogens with two attached hydrogens (primary N) is 1. The Kier molecular flexibility index (Phi) is 4.05. The van der Waals surface area contributed by atoms with Gasteiger partial charge in [0.25, 0.3) is 0 Å². The van der Waals surface area contributed by atoms with Crippen molar-refractivity contribution in [3.05, 3.63) is 0 Å². The molecule has 0 saturated heterocycles. The standard InChI is InChI=1S/C13H24N2O2/c1-17-11-6-8-13(9-7-11,12(14)16)15-10-4-2-3-5-10/h10-11,15H,2-9H2,1H3,(H2,14,16). The molecule has 0 aliphatic heterocycles. The highest BCUT2D eigenvalue weighted by Gasteiger charge is 2.42. The SMILES string of the molecule is COC1CCC(NC2CCCC2)(C(N)=O)CC1. The molecule has 4 nitrogen and oxygen atoms in total. The minimum atomic E-state index is -0.468. The van der Waals surface area contributed by atoms with E-state index in [-0.39, 0.29) is 5.91 Å². The topological polar surface area (TPSA) is 64.3 Å². The van der Waals surface area contributed by atoms with Crippen LogP contribution in [0.25, 0.3) is 0 Å². The maximum Gasteiger partial charge on any atom is 0.237 e. The van der Waals surface area contributed by atoms with E-state index in [2.05, 4.69) is 5.32 Å².